The zero-order valence-corrected chi connectivity index (χ0v) is 9.83. The van der Waals surface area contributed by atoms with Crippen molar-refractivity contribution in [1.29, 1.82) is 0 Å². The van der Waals surface area contributed by atoms with Gasteiger partial charge in [0.1, 0.15) is 0 Å². The molecule has 0 aromatic carbocycles. The van der Waals surface area contributed by atoms with E-state index in [2.05, 4.69) is 48.9 Å². The number of nitrogens with one attached hydrogen (secondary N) is 2. The third-order valence-corrected chi connectivity index (χ3v) is 2.86. The van der Waals surface area contributed by atoms with E-state index in [9.17, 15) is 0 Å². The lowest BCUT2D eigenvalue weighted by molar-refractivity contribution is 0.681. The maximum Gasteiger partial charge on any atom is 0.0938 e. The summed E-state index contributed by atoms with van der Waals surface area (Å²) >= 11 is 0. The molecule has 0 aliphatic carbocycles. The topological polar surface area (TPSA) is 50.1 Å². The van der Waals surface area contributed by atoms with Crippen LogP contribution >= 0.6 is 0 Å². The van der Waals surface area contributed by atoms with Gasteiger partial charge in [0, 0.05) is 17.9 Å². The smallest absolute Gasteiger partial charge is 0.0938 e. The number of hydrogen-bond donors (Lipinski definition) is 3. The fraction of sp³-hybridized carbons (Fsp3) is 0.385. The third kappa shape index (κ3) is 2.36. The first-order chi connectivity index (χ1) is 7.66. The van der Waals surface area contributed by atoms with Gasteiger partial charge in [-0.2, -0.15) is 0 Å². The Labute approximate surface area is 96.8 Å². The van der Waals surface area contributed by atoms with Crippen LogP contribution in [0.2, 0.25) is 0 Å². The Morgan fingerprint density at radius 2 is 2.19 bits per heavy atom. The lowest BCUT2D eigenvalue weighted by atomic mass is 10.0. The first-order valence-corrected chi connectivity index (χ1v) is 5.70. The lowest BCUT2D eigenvalue weighted by Gasteiger charge is -2.22. The summed E-state index contributed by atoms with van der Waals surface area (Å²) in [6, 6.07) is 0.395. The molecule has 2 rings (SSSR count). The molecule has 0 saturated carbocycles. The highest BCUT2D eigenvalue weighted by atomic mass is 15.0. The van der Waals surface area contributed by atoms with Crippen molar-refractivity contribution in [3.63, 3.8) is 0 Å². The predicted molar refractivity (Wildman–Crippen MR) is 67.4 cm³/mol. The Hall–Kier alpha value is -1.48. The van der Waals surface area contributed by atoms with Crippen LogP contribution in [0.4, 0.5) is 0 Å². The molecule has 2 heterocycles. The molecule has 86 valence electrons. The highest BCUT2D eigenvalue weighted by molar-refractivity contribution is 5.42. The zero-order chi connectivity index (χ0) is 11.5. The van der Waals surface area contributed by atoms with Crippen LogP contribution < -0.4 is 16.4 Å². The van der Waals surface area contributed by atoms with Gasteiger partial charge in [-0.1, -0.05) is 18.2 Å². The van der Waals surface area contributed by atoms with E-state index in [0.717, 1.165) is 12.1 Å². The molecule has 0 aromatic heterocycles. The highest BCUT2D eigenvalue weighted by Crippen LogP contribution is 2.21. The molecule has 3 nitrogen and oxygen atoms in total. The molecule has 4 N–H and O–H groups in total. The molecule has 16 heavy (non-hydrogen) atoms. The average Bonchev–Trinajstić information content (AvgIpc) is 2.47. The van der Waals surface area contributed by atoms with Crippen molar-refractivity contribution in [3.05, 3.63) is 47.3 Å². The molecule has 2 aliphatic heterocycles. The van der Waals surface area contributed by atoms with Crippen LogP contribution in [0.15, 0.2) is 47.3 Å². The Balaban J connectivity index is 2.24. The number of nitrogens with two attached hydrogens (primary N) is 1. The second-order valence-electron chi connectivity index (χ2n) is 4.34. The van der Waals surface area contributed by atoms with Crippen LogP contribution in [-0.2, 0) is 0 Å². The SMILES string of the molecule is CC1=C(C2=CNC(C)C=CC2)NC(N)C=C1. The summed E-state index contributed by atoms with van der Waals surface area (Å²) in [5, 5.41) is 6.65. The van der Waals surface area contributed by atoms with Gasteiger partial charge in [-0.15, -0.1) is 0 Å². The summed E-state index contributed by atoms with van der Waals surface area (Å²) in [7, 11) is 0. The van der Waals surface area contributed by atoms with E-state index in [1.165, 1.54) is 11.1 Å². The van der Waals surface area contributed by atoms with Crippen LogP contribution in [0.5, 0.6) is 0 Å². The van der Waals surface area contributed by atoms with Gasteiger partial charge in [0.2, 0.25) is 0 Å². The number of allylic oxidation sites excluding steroid dienone is 4. The molecular weight excluding hydrogens is 198 g/mol. The van der Waals surface area contributed by atoms with Crippen molar-refractivity contribution in [2.24, 2.45) is 5.73 Å². The van der Waals surface area contributed by atoms with Gasteiger partial charge in [0.25, 0.3) is 0 Å². The maximum atomic E-state index is 5.86. The van der Waals surface area contributed by atoms with Gasteiger partial charge in [0.15, 0.2) is 0 Å². The second-order valence-corrected chi connectivity index (χ2v) is 4.34. The molecule has 0 radical (unpaired) electrons. The Morgan fingerprint density at radius 3 is 3.00 bits per heavy atom. The van der Waals surface area contributed by atoms with Gasteiger partial charge >= 0.3 is 0 Å². The van der Waals surface area contributed by atoms with Crippen LogP contribution in [0.1, 0.15) is 20.3 Å². The number of rotatable bonds is 1. The first kappa shape index (κ1) is 11.0. The van der Waals surface area contributed by atoms with Crippen molar-refractivity contribution in [1.82, 2.24) is 10.6 Å². The zero-order valence-electron chi connectivity index (χ0n) is 9.83. The monoisotopic (exact) mass is 217 g/mol. The summed E-state index contributed by atoms with van der Waals surface area (Å²) < 4.78 is 0. The average molecular weight is 217 g/mol. The van der Waals surface area contributed by atoms with Gasteiger partial charge in [-0.05, 0) is 37.5 Å². The minimum atomic E-state index is -0.0794. The molecule has 0 saturated heterocycles. The van der Waals surface area contributed by atoms with Crippen LogP contribution in [0.25, 0.3) is 0 Å². The molecule has 0 spiro atoms. The highest BCUT2D eigenvalue weighted by Gasteiger charge is 2.14. The van der Waals surface area contributed by atoms with Gasteiger partial charge in [-0.25, -0.2) is 0 Å². The van der Waals surface area contributed by atoms with Crippen molar-refractivity contribution in [3.8, 4) is 0 Å². The number of hydrogen-bond acceptors (Lipinski definition) is 3. The second kappa shape index (κ2) is 4.58. The maximum absolute atomic E-state index is 5.86. The lowest BCUT2D eigenvalue weighted by Crippen LogP contribution is -2.37. The van der Waals surface area contributed by atoms with E-state index in [4.69, 9.17) is 5.73 Å². The van der Waals surface area contributed by atoms with Gasteiger partial charge in [0.05, 0.1) is 6.17 Å². The molecule has 2 atom stereocenters. The molecule has 2 unspecified atom stereocenters. The van der Waals surface area contributed by atoms with E-state index in [-0.39, 0.29) is 6.17 Å². The van der Waals surface area contributed by atoms with E-state index in [1.54, 1.807) is 0 Å². The van der Waals surface area contributed by atoms with E-state index in [0.29, 0.717) is 6.04 Å². The Bertz CT molecular complexity index is 388. The standard InChI is InChI=1S/C13H19N3/c1-9-6-7-12(14)16-13(9)11-5-3-4-10(2)15-8-11/h3-4,6-8,10,12,15-16H,5,14H2,1-2H3. The van der Waals surface area contributed by atoms with Crippen molar-refractivity contribution >= 4 is 0 Å². The minimum absolute atomic E-state index is 0.0794. The normalized spacial score (nSPS) is 29.3. The van der Waals surface area contributed by atoms with Crippen LogP contribution in [0, 0.1) is 0 Å². The number of dihydropyridines is 1. The molecule has 0 bridgehead atoms. The van der Waals surface area contributed by atoms with Crippen molar-refractivity contribution in [2.75, 3.05) is 0 Å². The molecule has 0 amide bonds. The Morgan fingerprint density at radius 1 is 1.38 bits per heavy atom. The van der Waals surface area contributed by atoms with E-state index < -0.39 is 0 Å². The summed E-state index contributed by atoms with van der Waals surface area (Å²) in [5.74, 6) is 0. The molecule has 0 fully saturated rings. The van der Waals surface area contributed by atoms with Crippen molar-refractivity contribution < 1.29 is 0 Å². The van der Waals surface area contributed by atoms with Gasteiger partial charge in [-0.3, -0.25) is 0 Å². The summed E-state index contributed by atoms with van der Waals surface area (Å²) in [6.07, 6.45) is 11.4. The fourth-order valence-electron chi connectivity index (χ4n) is 1.93. The van der Waals surface area contributed by atoms with Gasteiger partial charge < -0.3 is 16.4 Å². The molecule has 2 aliphatic rings. The van der Waals surface area contributed by atoms with E-state index >= 15 is 0 Å². The molecule has 3 heteroatoms. The first-order valence-electron chi connectivity index (χ1n) is 5.70. The molecular formula is C13H19N3. The summed E-state index contributed by atoms with van der Waals surface area (Å²) in [6.45, 7) is 4.24. The van der Waals surface area contributed by atoms with Crippen LogP contribution in [0.3, 0.4) is 0 Å². The summed E-state index contributed by atoms with van der Waals surface area (Å²) in [5.41, 5.74) is 9.51. The largest absolute Gasteiger partial charge is 0.385 e. The van der Waals surface area contributed by atoms with Crippen LogP contribution in [-0.4, -0.2) is 12.2 Å². The Kier molecular flexibility index (Phi) is 3.15. The predicted octanol–water partition coefficient (Wildman–Crippen LogP) is 1.53. The molecule has 0 aromatic rings. The fourth-order valence-corrected chi connectivity index (χ4v) is 1.93. The van der Waals surface area contributed by atoms with Crippen molar-refractivity contribution in [2.45, 2.75) is 32.5 Å². The van der Waals surface area contributed by atoms with E-state index in [1.807, 2.05) is 6.08 Å². The minimum Gasteiger partial charge on any atom is -0.385 e. The third-order valence-electron chi connectivity index (χ3n) is 2.86. The quantitative estimate of drug-likeness (QED) is 0.584. The summed E-state index contributed by atoms with van der Waals surface area (Å²) in [4.78, 5) is 0.